The van der Waals surface area contributed by atoms with Gasteiger partial charge < -0.3 is 4.57 Å². The van der Waals surface area contributed by atoms with Crippen molar-refractivity contribution in [2.45, 2.75) is 33.1 Å². The van der Waals surface area contributed by atoms with E-state index in [1.807, 2.05) is 0 Å². The number of nitrogens with zero attached hydrogens (tertiary/aromatic N) is 2. The maximum atomic E-state index is 4.49. The van der Waals surface area contributed by atoms with Gasteiger partial charge in [0.15, 0.2) is 0 Å². The van der Waals surface area contributed by atoms with Crippen LogP contribution in [-0.4, -0.2) is 9.55 Å². The molecule has 1 aromatic heterocycles. The van der Waals surface area contributed by atoms with E-state index in [2.05, 4.69) is 43.6 Å². The first-order valence-electron chi connectivity index (χ1n) is 4.17. The normalized spacial score (nSPS) is 11.0. The fourth-order valence-corrected chi connectivity index (χ4v) is 1.25. The minimum Gasteiger partial charge on any atom is -0.338 e. The molecule has 0 saturated heterocycles. The van der Waals surface area contributed by atoms with Crippen LogP contribution in [0.5, 0.6) is 0 Å². The zero-order valence-electron chi connectivity index (χ0n) is 7.76. The second-order valence-electron chi connectivity index (χ2n) is 3.21. The van der Waals surface area contributed by atoms with Crippen LogP contribution in [0.3, 0.4) is 0 Å². The summed E-state index contributed by atoms with van der Waals surface area (Å²) in [4.78, 5) is 4.49. The molecule has 0 saturated carbocycles. The Morgan fingerprint density at radius 1 is 1.55 bits per heavy atom. The van der Waals surface area contributed by atoms with Crippen molar-refractivity contribution in [1.29, 1.82) is 0 Å². The van der Waals surface area contributed by atoms with Crippen molar-refractivity contribution in [2.24, 2.45) is 7.05 Å². The fourth-order valence-electron chi connectivity index (χ4n) is 1.25. The van der Waals surface area contributed by atoms with Crippen LogP contribution in [0.2, 0.25) is 0 Å². The SMILES string of the molecule is CCc1cn(C)c(C(C)C)n1. The molecule has 0 aliphatic rings. The Labute approximate surface area is 68.3 Å². The number of hydrogen-bond donors (Lipinski definition) is 0. The summed E-state index contributed by atoms with van der Waals surface area (Å²) in [6, 6.07) is 0. The van der Waals surface area contributed by atoms with Crippen molar-refractivity contribution < 1.29 is 0 Å². The maximum absolute atomic E-state index is 4.49. The molecule has 0 fully saturated rings. The van der Waals surface area contributed by atoms with E-state index in [1.165, 1.54) is 11.5 Å². The summed E-state index contributed by atoms with van der Waals surface area (Å²) in [7, 11) is 2.06. The van der Waals surface area contributed by atoms with Crippen molar-refractivity contribution in [2.75, 3.05) is 0 Å². The van der Waals surface area contributed by atoms with Gasteiger partial charge in [-0.3, -0.25) is 0 Å². The lowest BCUT2D eigenvalue weighted by Crippen LogP contribution is -1.98. The molecule has 1 heterocycles. The number of aryl methyl sites for hydroxylation is 2. The number of rotatable bonds is 2. The molecule has 0 aliphatic heterocycles. The van der Waals surface area contributed by atoms with E-state index in [0.29, 0.717) is 5.92 Å². The largest absolute Gasteiger partial charge is 0.338 e. The molecule has 1 aromatic rings. The monoisotopic (exact) mass is 152 g/mol. The maximum Gasteiger partial charge on any atom is 0.111 e. The molecule has 0 N–H and O–H groups in total. The molecule has 0 radical (unpaired) electrons. The third-order valence-corrected chi connectivity index (χ3v) is 1.84. The van der Waals surface area contributed by atoms with Crippen molar-refractivity contribution in [3.8, 4) is 0 Å². The Bertz CT molecular complexity index is 236. The Kier molecular flexibility index (Phi) is 2.32. The van der Waals surface area contributed by atoms with E-state index in [9.17, 15) is 0 Å². The van der Waals surface area contributed by atoms with Crippen LogP contribution in [0.4, 0.5) is 0 Å². The van der Waals surface area contributed by atoms with Gasteiger partial charge in [0.05, 0.1) is 5.69 Å². The Morgan fingerprint density at radius 3 is 2.45 bits per heavy atom. The highest BCUT2D eigenvalue weighted by Crippen LogP contribution is 2.12. The van der Waals surface area contributed by atoms with Crippen molar-refractivity contribution in [3.63, 3.8) is 0 Å². The highest BCUT2D eigenvalue weighted by Gasteiger charge is 2.06. The van der Waals surface area contributed by atoms with Gasteiger partial charge in [0.1, 0.15) is 5.82 Å². The summed E-state index contributed by atoms with van der Waals surface area (Å²) >= 11 is 0. The summed E-state index contributed by atoms with van der Waals surface area (Å²) < 4.78 is 2.11. The van der Waals surface area contributed by atoms with Gasteiger partial charge in [-0.15, -0.1) is 0 Å². The minimum absolute atomic E-state index is 0.528. The predicted octanol–water partition coefficient (Wildman–Crippen LogP) is 2.11. The van der Waals surface area contributed by atoms with E-state index < -0.39 is 0 Å². The topological polar surface area (TPSA) is 17.8 Å². The van der Waals surface area contributed by atoms with Gasteiger partial charge in [0.25, 0.3) is 0 Å². The molecular weight excluding hydrogens is 136 g/mol. The fraction of sp³-hybridized carbons (Fsp3) is 0.667. The predicted molar refractivity (Wildman–Crippen MR) is 46.7 cm³/mol. The summed E-state index contributed by atoms with van der Waals surface area (Å²) in [5.41, 5.74) is 1.19. The molecule has 0 amide bonds. The van der Waals surface area contributed by atoms with E-state index >= 15 is 0 Å². The van der Waals surface area contributed by atoms with E-state index in [0.717, 1.165) is 6.42 Å². The van der Waals surface area contributed by atoms with Crippen LogP contribution < -0.4 is 0 Å². The molecule has 2 heteroatoms. The average Bonchev–Trinajstić information content (AvgIpc) is 2.30. The molecular formula is C9H16N2. The second kappa shape index (κ2) is 3.07. The Hall–Kier alpha value is -0.790. The molecule has 0 unspecified atom stereocenters. The molecule has 0 aromatic carbocycles. The lowest BCUT2D eigenvalue weighted by Gasteiger charge is -2.02. The third kappa shape index (κ3) is 1.62. The number of aromatic nitrogens is 2. The molecule has 2 nitrogen and oxygen atoms in total. The summed E-state index contributed by atoms with van der Waals surface area (Å²) in [5, 5.41) is 0. The van der Waals surface area contributed by atoms with Crippen LogP contribution in [0.1, 0.15) is 38.2 Å². The van der Waals surface area contributed by atoms with Gasteiger partial charge in [-0.05, 0) is 6.42 Å². The van der Waals surface area contributed by atoms with Crippen LogP contribution in [0.25, 0.3) is 0 Å². The molecule has 0 spiro atoms. The van der Waals surface area contributed by atoms with Gasteiger partial charge in [0, 0.05) is 19.2 Å². The van der Waals surface area contributed by atoms with Crippen LogP contribution in [-0.2, 0) is 13.5 Å². The molecule has 1 rings (SSSR count). The standard InChI is InChI=1S/C9H16N2/c1-5-8-6-11(4)9(10-8)7(2)3/h6-7H,5H2,1-4H3. The van der Waals surface area contributed by atoms with Gasteiger partial charge in [-0.1, -0.05) is 20.8 Å². The zero-order chi connectivity index (χ0) is 8.43. The highest BCUT2D eigenvalue weighted by molar-refractivity contribution is 5.06. The van der Waals surface area contributed by atoms with Crippen molar-refractivity contribution in [3.05, 3.63) is 17.7 Å². The van der Waals surface area contributed by atoms with E-state index in [4.69, 9.17) is 0 Å². The lowest BCUT2D eigenvalue weighted by molar-refractivity contribution is 0.710. The molecule has 62 valence electrons. The van der Waals surface area contributed by atoms with Gasteiger partial charge >= 0.3 is 0 Å². The number of imidazole rings is 1. The van der Waals surface area contributed by atoms with Crippen LogP contribution in [0.15, 0.2) is 6.20 Å². The molecule has 0 bridgehead atoms. The second-order valence-corrected chi connectivity index (χ2v) is 3.21. The summed E-state index contributed by atoms with van der Waals surface area (Å²) in [6.45, 7) is 6.47. The van der Waals surface area contributed by atoms with E-state index in [1.54, 1.807) is 0 Å². The minimum atomic E-state index is 0.528. The third-order valence-electron chi connectivity index (χ3n) is 1.84. The molecule has 11 heavy (non-hydrogen) atoms. The average molecular weight is 152 g/mol. The van der Waals surface area contributed by atoms with Crippen LogP contribution >= 0.6 is 0 Å². The lowest BCUT2D eigenvalue weighted by atomic mass is 10.2. The first-order chi connectivity index (χ1) is 5.15. The highest BCUT2D eigenvalue weighted by atomic mass is 15.0. The summed E-state index contributed by atoms with van der Waals surface area (Å²) in [6.07, 6.45) is 3.13. The smallest absolute Gasteiger partial charge is 0.111 e. The Morgan fingerprint density at radius 2 is 2.18 bits per heavy atom. The first kappa shape index (κ1) is 8.31. The van der Waals surface area contributed by atoms with Gasteiger partial charge in [-0.2, -0.15) is 0 Å². The Balaban J connectivity index is 2.97. The zero-order valence-corrected chi connectivity index (χ0v) is 7.76. The van der Waals surface area contributed by atoms with Gasteiger partial charge in [-0.25, -0.2) is 4.98 Å². The van der Waals surface area contributed by atoms with Gasteiger partial charge in [0.2, 0.25) is 0 Å². The van der Waals surface area contributed by atoms with Crippen molar-refractivity contribution >= 4 is 0 Å². The number of hydrogen-bond acceptors (Lipinski definition) is 1. The van der Waals surface area contributed by atoms with E-state index in [-0.39, 0.29) is 0 Å². The summed E-state index contributed by atoms with van der Waals surface area (Å²) in [5.74, 6) is 1.71. The van der Waals surface area contributed by atoms with Crippen LogP contribution in [0, 0.1) is 0 Å². The first-order valence-corrected chi connectivity index (χ1v) is 4.17. The molecule has 0 atom stereocenters. The quantitative estimate of drug-likeness (QED) is 0.634. The molecule has 0 aliphatic carbocycles. The van der Waals surface area contributed by atoms with Crippen molar-refractivity contribution in [1.82, 2.24) is 9.55 Å².